The highest BCUT2D eigenvalue weighted by Gasteiger charge is 2.37. The van der Waals surface area contributed by atoms with E-state index in [9.17, 15) is 39.0 Å². The highest BCUT2D eigenvalue weighted by atomic mass is 16.6. The van der Waals surface area contributed by atoms with Crippen molar-refractivity contribution in [2.24, 2.45) is 0 Å². The van der Waals surface area contributed by atoms with Crippen LogP contribution in [0.2, 0.25) is 0 Å². The minimum absolute atomic E-state index is 0.137. The van der Waals surface area contributed by atoms with Crippen LogP contribution in [0.1, 0.15) is 62.1 Å². The fourth-order valence-electron chi connectivity index (χ4n) is 4.55. The summed E-state index contributed by atoms with van der Waals surface area (Å²) in [5, 5.41) is 19.3. The lowest BCUT2D eigenvalue weighted by Crippen LogP contribution is -2.33. The molecule has 2 aliphatic rings. The number of rotatable bonds is 6. The molecule has 0 radical (unpaired) electrons. The van der Waals surface area contributed by atoms with Crippen molar-refractivity contribution < 1.29 is 48.5 Å². The maximum absolute atomic E-state index is 12.1. The number of carbonyl (C=O) groups excluding carboxylic acids is 6. The summed E-state index contributed by atoms with van der Waals surface area (Å²) in [6, 6.07) is 20.6. The number of phenols is 2. The van der Waals surface area contributed by atoms with Crippen molar-refractivity contribution in [3.05, 3.63) is 118 Å². The Bertz CT molecular complexity index is 1730. The largest absolute Gasteiger partial charge is 0.507 e. The molecule has 2 heterocycles. The first kappa shape index (κ1) is 30.7. The molecule has 0 bridgehead atoms. The van der Waals surface area contributed by atoms with Crippen LogP contribution in [0.4, 0.5) is 11.4 Å². The molecule has 4 aromatic carbocycles. The molecule has 0 atom stereocenters. The van der Waals surface area contributed by atoms with Crippen molar-refractivity contribution in [2.45, 2.75) is 0 Å². The van der Waals surface area contributed by atoms with E-state index >= 15 is 0 Å². The number of esters is 2. The van der Waals surface area contributed by atoms with Crippen LogP contribution in [-0.2, 0) is 9.47 Å². The second-order valence-corrected chi connectivity index (χ2v) is 9.84. The van der Waals surface area contributed by atoms with Gasteiger partial charge in [-0.1, -0.05) is 24.3 Å². The molecule has 6 N–H and O–H groups in total. The van der Waals surface area contributed by atoms with Crippen LogP contribution in [0.25, 0.3) is 0 Å². The summed E-state index contributed by atoms with van der Waals surface area (Å²) in [6.45, 7) is -1.08. The van der Waals surface area contributed by atoms with Gasteiger partial charge < -0.3 is 31.2 Å². The Kier molecular flexibility index (Phi) is 8.35. The van der Waals surface area contributed by atoms with Crippen LogP contribution in [0.15, 0.2) is 84.9 Å². The average Bonchev–Trinajstić information content (AvgIpc) is 3.45. The van der Waals surface area contributed by atoms with Crippen LogP contribution in [-0.4, -0.2) is 69.0 Å². The van der Waals surface area contributed by atoms with Crippen molar-refractivity contribution in [2.75, 3.05) is 24.9 Å². The molecule has 4 aromatic rings. The SMILES string of the molecule is Nc1ccc(O)c(C(=O)OCN2C(=O)c3ccccc3C2=O)c1.Nc1ccc(O)c(C(=O)OCN2C(=O)c3ccccc3C2=O)c1. The zero-order chi connectivity index (χ0) is 33.1. The number of fused-ring (bicyclic) bond motifs is 2. The van der Waals surface area contributed by atoms with Crippen LogP contribution in [0, 0.1) is 0 Å². The van der Waals surface area contributed by atoms with Crippen molar-refractivity contribution in [3.8, 4) is 11.5 Å². The summed E-state index contributed by atoms with van der Waals surface area (Å²) in [4.78, 5) is 74.1. The van der Waals surface area contributed by atoms with Crippen molar-refractivity contribution in [1.29, 1.82) is 0 Å². The molecule has 0 spiro atoms. The number of aromatic hydroxyl groups is 2. The van der Waals surface area contributed by atoms with Crippen LogP contribution >= 0.6 is 0 Å². The minimum atomic E-state index is -0.883. The third-order valence-corrected chi connectivity index (χ3v) is 6.89. The molecule has 0 saturated carbocycles. The number of anilines is 2. The smallest absolute Gasteiger partial charge is 0.343 e. The molecule has 6 rings (SSSR count). The second-order valence-electron chi connectivity index (χ2n) is 9.84. The van der Waals surface area contributed by atoms with Gasteiger partial charge in [-0.05, 0) is 60.7 Å². The molecule has 232 valence electrons. The fraction of sp³-hybridized carbons (Fsp3) is 0.0625. The standard InChI is InChI=1S/2C16H12N2O5/c2*17-9-5-6-13(19)12(7-9)16(22)23-8-18-14(20)10-3-1-2-4-11(10)15(18)21/h2*1-7,19H,8,17H2. The number of hydrogen-bond acceptors (Lipinski definition) is 12. The lowest BCUT2D eigenvalue weighted by atomic mass is 10.1. The molecule has 4 amide bonds. The highest BCUT2D eigenvalue weighted by molar-refractivity contribution is 6.22. The predicted molar refractivity (Wildman–Crippen MR) is 159 cm³/mol. The summed E-state index contributed by atoms with van der Waals surface area (Å²) in [5.41, 5.74) is 12.4. The van der Waals surface area contributed by atoms with E-state index < -0.39 is 49.0 Å². The van der Waals surface area contributed by atoms with Gasteiger partial charge in [0.15, 0.2) is 13.5 Å². The fourth-order valence-corrected chi connectivity index (χ4v) is 4.55. The molecular formula is C32H24N4O10. The monoisotopic (exact) mass is 624 g/mol. The van der Waals surface area contributed by atoms with Gasteiger partial charge in [-0.3, -0.25) is 19.2 Å². The summed E-state index contributed by atoms with van der Waals surface area (Å²) in [5.74, 6) is -4.49. The Labute approximate surface area is 260 Å². The Morgan fingerprint density at radius 3 is 1.15 bits per heavy atom. The number of nitrogens with two attached hydrogens (primary N) is 2. The van der Waals surface area contributed by atoms with Gasteiger partial charge in [-0.25, -0.2) is 19.4 Å². The molecule has 0 unspecified atom stereocenters. The number of phenolic OH excluding ortho intramolecular Hbond substituents is 2. The van der Waals surface area contributed by atoms with Crippen molar-refractivity contribution >= 4 is 46.9 Å². The Morgan fingerprint density at radius 1 is 0.543 bits per heavy atom. The number of ether oxygens (including phenoxy) is 2. The van der Waals surface area contributed by atoms with Gasteiger partial charge in [0.1, 0.15) is 22.6 Å². The van der Waals surface area contributed by atoms with Gasteiger partial charge >= 0.3 is 11.9 Å². The van der Waals surface area contributed by atoms with Gasteiger partial charge in [0.05, 0.1) is 22.3 Å². The van der Waals surface area contributed by atoms with Crippen LogP contribution < -0.4 is 11.5 Å². The number of carbonyl (C=O) groups is 6. The third kappa shape index (κ3) is 5.90. The number of nitrogens with zero attached hydrogens (tertiary/aromatic N) is 2. The molecule has 0 aromatic heterocycles. The lowest BCUT2D eigenvalue weighted by molar-refractivity contribution is 0.0204. The first-order valence-electron chi connectivity index (χ1n) is 13.4. The zero-order valence-electron chi connectivity index (χ0n) is 23.7. The van der Waals surface area contributed by atoms with E-state index in [0.29, 0.717) is 0 Å². The Hall–Kier alpha value is -6.70. The quantitative estimate of drug-likeness (QED) is 0.105. The second kappa shape index (κ2) is 12.5. The van der Waals surface area contributed by atoms with E-state index in [1.54, 1.807) is 24.3 Å². The van der Waals surface area contributed by atoms with Gasteiger partial charge in [-0.2, -0.15) is 0 Å². The first-order chi connectivity index (χ1) is 22.0. The molecule has 0 aliphatic carbocycles. The van der Waals surface area contributed by atoms with Crippen molar-refractivity contribution in [3.63, 3.8) is 0 Å². The number of benzene rings is 4. The molecule has 46 heavy (non-hydrogen) atoms. The normalized spacial score (nSPS) is 13.1. The highest BCUT2D eigenvalue weighted by Crippen LogP contribution is 2.26. The van der Waals surface area contributed by atoms with Gasteiger partial charge in [-0.15, -0.1) is 0 Å². The predicted octanol–water partition coefficient (Wildman–Crippen LogP) is 2.77. The molecule has 0 saturated heterocycles. The number of amides is 4. The third-order valence-electron chi connectivity index (χ3n) is 6.89. The van der Waals surface area contributed by atoms with E-state index in [4.69, 9.17) is 20.9 Å². The molecule has 2 aliphatic heterocycles. The lowest BCUT2D eigenvalue weighted by Gasteiger charge is -2.14. The summed E-state index contributed by atoms with van der Waals surface area (Å²) >= 11 is 0. The Morgan fingerprint density at radius 2 is 0.848 bits per heavy atom. The van der Waals surface area contributed by atoms with Gasteiger partial charge in [0, 0.05) is 11.4 Å². The zero-order valence-corrected chi connectivity index (χ0v) is 23.7. The van der Waals surface area contributed by atoms with Crippen LogP contribution in [0.3, 0.4) is 0 Å². The van der Waals surface area contributed by atoms with Gasteiger partial charge in [0.2, 0.25) is 0 Å². The first-order valence-corrected chi connectivity index (χ1v) is 13.4. The molecule has 14 nitrogen and oxygen atoms in total. The summed E-state index contributed by atoms with van der Waals surface area (Å²) < 4.78 is 9.90. The number of imide groups is 2. The average molecular weight is 625 g/mol. The van der Waals surface area contributed by atoms with E-state index in [-0.39, 0.29) is 56.3 Å². The molecular weight excluding hydrogens is 600 g/mol. The number of hydrogen-bond donors (Lipinski definition) is 4. The van der Waals surface area contributed by atoms with Crippen molar-refractivity contribution in [1.82, 2.24) is 9.80 Å². The van der Waals surface area contributed by atoms with E-state index in [0.717, 1.165) is 9.80 Å². The Balaban J connectivity index is 0.000000181. The van der Waals surface area contributed by atoms with E-state index in [2.05, 4.69) is 0 Å². The maximum atomic E-state index is 12.1. The van der Waals surface area contributed by atoms with Gasteiger partial charge in [0.25, 0.3) is 23.6 Å². The summed E-state index contributed by atoms with van der Waals surface area (Å²) in [7, 11) is 0. The number of nitrogen functional groups attached to an aromatic ring is 2. The topological polar surface area (TPSA) is 220 Å². The van der Waals surface area contributed by atoms with E-state index in [1.165, 1.54) is 60.7 Å². The summed E-state index contributed by atoms with van der Waals surface area (Å²) in [6.07, 6.45) is 0. The van der Waals surface area contributed by atoms with Crippen LogP contribution in [0.5, 0.6) is 11.5 Å². The van der Waals surface area contributed by atoms with E-state index in [1.807, 2.05) is 0 Å². The molecule has 14 heteroatoms. The maximum Gasteiger partial charge on any atom is 0.343 e. The minimum Gasteiger partial charge on any atom is -0.507 e. The molecule has 0 fully saturated rings.